The lowest BCUT2D eigenvalue weighted by atomic mass is 9.96. The molecule has 0 bridgehead atoms. The number of esters is 1. The molecule has 0 fully saturated rings. The van der Waals surface area contributed by atoms with Gasteiger partial charge in [0.05, 0.1) is 18.1 Å². The van der Waals surface area contributed by atoms with Gasteiger partial charge in [0.1, 0.15) is 12.2 Å². The van der Waals surface area contributed by atoms with Gasteiger partial charge in [0.15, 0.2) is 14.4 Å². The molecule has 1 aromatic rings. The molecule has 4 atom stereocenters. The molecule has 0 radical (unpaired) electrons. The van der Waals surface area contributed by atoms with Crippen LogP contribution in [0.25, 0.3) is 0 Å². The van der Waals surface area contributed by atoms with E-state index in [1.54, 1.807) is 26.8 Å². The number of hydrogen-bond acceptors (Lipinski definition) is 5. The smallest absolute Gasteiger partial charge is 0.311 e. The maximum atomic E-state index is 12.7. The van der Waals surface area contributed by atoms with Crippen molar-refractivity contribution in [1.82, 2.24) is 0 Å². The summed E-state index contributed by atoms with van der Waals surface area (Å²) in [5.74, 6) is -0.438. The number of ether oxygens (including phenoxy) is 2. The second-order valence-corrected chi connectivity index (χ2v) is 15.4. The molecule has 0 spiro atoms. The molecule has 1 N–H and O–H groups in total. The third-order valence-electron chi connectivity index (χ3n) is 5.84. The third kappa shape index (κ3) is 8.00. The van der Waals surface area contributed by atoms with Crippen LogP contribution in [0.2, 0.25) is 18.1 Å². The fraction of sp³-hybridized carbons (Fsp3) is 0.577. The zero-order valence-corrected chi connectivity index (χ0v) is 22.1. The van der Waals surface area contributed by atoms with Crippen LogP contribution in [0.15, 0.2) is 55.6 Å². The highest BCUT2D eigenvalue weighted by molar-refractivity contribution is 6.74. The minimum atomic E-state index is -2.23. The van der Waals surface area contributed by atoms with Gasteiger partial charge in [0, 0.05) is 0 Å². The van der Waals surface area contributed by atoms with E-state index >= 15 is 0 Å². The quantitative estimate of drug-likeness (QED) is 0.261. The summed E-state index contributed by atoms with van der Waals surface area (Å²) < 4.78 is 18.7. The Morgan fingerprint density at radius 3 is 2.03 bits per heavy atom. The molecule has 0 heterocycles. The first kappa shape index (κ1) is 28.3. The summed E-state index contributed by atoms with van der Waals surface area (Å²) in [5.41, 5.74) is 0.217. The van der Waals surface area contributed by atoms with E-state index in [-0.39, 0.29) is 11.6 Å². The van der Waals surface area contributed by atoms with Gasteiger partial charge in [-0.15, -0.1) is 13.2 Å². The van der Waals surface area contributed by atoms with Crippen LogP contribution in [-0.2, 0) is 25.3 Å². The molecule has 180 valence electrons. The zero-order chi connectivity index (χ0) is 24.7. The first-order valence-corrected chi connectivity index (χ1v) is 14.0. The lowest BCUT2D eigenvalue weighted by molar-refractivity contribution is -0.181. The van der Waals surface area contributed by atoms with Crippen LogP contribution < -0.4 is 0 Å². The fourth-order valence-electron chi connectivity index (χ4n) is 2.68. The van der Waals surface area contributed by atoms with Crippen LogP contribution in [0.4, 0.5) is 0 Å². The van der Waals surface area contributed by atoms with Gasteiger partial charge in [0.2, 0.25) is 0 Å². The highest BCUT2D eigenvalue weighted by atomic mass is 28.4. The molecule has 32 heavy (non-hydrogen) atoms. The van der Waals surface area contributed by atoms with Crippen molar-refractivity contribution in [2.24, 2.45) is 5.41 Å². The Balaban J connectivity index is 3.36. The van der Waals surface area contributed by atoms with Crippen LogP contribution >= 0.6 is 0 Å². The summed E-state index contributed by atoms with van der Waals surface area (Å²) in [4.78, 5) is 12.7. The van der Waals surface area contributed by atoms with Crippen molar-refractivity contribution < 1.29 is 23.8 Å². The van der Waals surface area contributed by atoms with Crippen molar-refractivity contribution in [3.05, 3.63) is 61.2 Å². The van der Waals surface area contributed by atoms with E-state index in [2.05, 4.69) is 47.0 Å². The number of hydrogen-bond donors (Lipinski definition) is 1. The van der Waals surface area contributed by atoms with Gasteiger partial charge in [-0.2, -0.15) is 0 Å². The van der Waals surface area contributed by atoms with Crippen molar-refractivity contribution in [2.75, 3.05) is 0 Å². The van der Waals surface area contributed by atoms with Gasteiger partial charge in [-0.05, 0) is 44.5 Å². The summed E-state index contributed by atoms with van der Waals surface area (Å²) in [5, 5.41) is 10.7. The molecular weight excluding hydrogens is 420 g/mol. The maximum Gasteiger partial charge on any atom is 0.311 e. The Morgan fingerprint density at radius 1 is 1.03 bits per heavy atom. The molecule has 0 saturated heterocycles. The van der Waals surface area contributed by atoms with Gasteiger partial charge in [-0.25, -0.2) is 0 Å². The molecule has 1 unspecified atom stereocenters. The average Bonchev–Trinajstić information content (AvgIpc) is 2.70. The van der Waals surface area contributed by atoms with Gasteiger partial charge in [-0.3, -0.25) is 4.79 Å². The highest BCUT2D eigenvalue weighted by Crippen LogP contribution is 2.38. The van der Waals surface area contributed by atoms with Crippen molar-refractivity contribution in [3.8, 4) is 0 Å². The molecule has 0 amide bonds. The van der Waals surface area contributed by atoms with Crippen LogP contribution in [0.3, 0.4) is 0 Å². The Labute approximate surface area is 195 Å². The molecule has 6 heteroatoms. The minimum Gasteiger partial charge on any atom is -0.456 e. The van der Waals surface area contributed by atoms with Gasteiger partial charge in [0.25, 0.3) is 0 Å². The van der Waals surface area contributed by atoms with E-state index in [0.29, 0.717) is 0 Å². The fourth-order valence-corrected chi connectivity index (χ4v) is 3.94. The minimum absolute atomic E-state index is 0.0487. The summed E-state index contributed by atoms with van der Waals surface area (Å²) in [7, 11) is -2.23. The SMILES string of the molecule is C=CC(O)[C@H](OC(=O)C(C)(C)C)[C@@H](OCc1ccccc1)[C@@H](C=C)O[Si](C)(C)C(C)(C)C. The summed E-state index contributed by atoms with van der Waals surface area (Å²) >= 11 is 0. The lowest BCUT2D eigenvalue weighted by Gasteiger charge is -2.42. The number of carbonyl (C=O) groups excluding carboxylic acids is 1. The normalized spacial score (nSPS) is 16.5. The molecule has 0 aromatic heterocycles. The molecule has 0 aliphatic heterocycles. The van der Waals surface area contributed by atoms with E-state index in [4.69, 9.17) is 13.9 Å². The predicted octanol–water partition coefficient (Wildman–Crippen LogP) is 5.65. The molecular formula is C26H42O5Si. The zero-order valence-electron chi connectivity index (χ0n) is 21.1. The second-order valence-electron chi connectivity index (χ2n) is 10.7. The number of benzene rings is 1. The van der Waals surface area contributed by atoms with Crippen LogP contribution in [0.1, 0.15) is 47.1 Å². The Morgan fingerprint density at radius 2 is 1.59 bits per heavy atom. The number of carbonyl (C=O) groups is 1. The van der Waals surface area contributed by atoms with E-state index in [1.807, 2.05) is 30.3 Å². The van der Waals surface area contributed by atoms with Crippen molar-refractivity contribution in [3.63, 3.8) is 0 Å². The molecule has 0 aliphatic carbocycles. The predicted molar refractivity (Wildman–Crippen MR) is 133 cm³/mol. The largest absolute Gasteiger partial charge is 0.456 e. The van der Waals surface area contributed by atoms with Crippen molar-refractivity contribution >= 4 is 14.3 Å². The highest BCUT2D eigenvalue weighted by Gasteiger charge is 2.44. The Hall–Kier alpha value is -1.73. The standard InChI is InChI=1S/C26H42O5Si/c1-11-20(27)22(30-24(28)25(3,4)5)23(29-18-19-16-14-13-15-17-19)21(12-2)31-32(9,10)26(6,7)8/h11-17,20-23,27H,1-2,18H2,3-10H3/t20?,21-,22+,23+/m1/s1. The van der Waals surface area contributed by atoms with Gasteiger partial charge < -0.3 is 19.0 Å². The summed E-state index contributed by atoms with van der Waals surface area (Å²) in [6.07, 6.45) is -0.480. The van der Waals surface area contributed by atoms with Gasteiger partial charge in [-0.1, -0.05) is 63.3 Å². The van der Waals surface area contributed by atoms with Crippen LogP contribution in [0.5, 0.6) is 0 Å². The Kier molecular flexibility index (Phi) is 10.1. The van der Waals surface area contributed by atoms with Crippen LogP contribution in [0, 0.1) is 5.41 Å². The number of aliphatic hydroxyl groups is 1. The average molecular weight is 463 g/mol. The molecule has 1 aromatic carbocycles. The van der Waals surface area contributed by atoms with Gasteiger partial charge >= 0.3 is 5.97 Å². The van der Waals surface area contributed by atoms with E-state index in [9.17, 15) is 9.90 Å². The molecule has 0 aliphatic rings. The lowest BCUT2D eigenvalue weighted by Crippen LogP contribution is -2.53. The second kappa shape index (κ2) is 11.4. The number of rotatable bonds is 11. The summed E-state index contributed by atoms with van der Waals surface area (Å²) in [6.45, 7) is 24.0. The third-order valence-corrected chi connectivity index (χ3v) is 10.3. The number of aliphatic hydroxyl groups excluding tert-OH is 1. The molecule has 1 rings (SSSR count). The van der Waals surface area contributed by atoms with Crippen LogP contribution in [-0.4, -0.2) is 43.8 Å². The molecule has 5 nitrogen and oxygen atoms in total. The monoisotopic (exact) mass is 462 g/mol. The first-order chi connectivity index (χ1) is 14.6. The van der Waals surface area contributed by atoms with Crippen molar-refractivity contribution in [1.29, 1.82) is 0 Å². The van der Waals surface area contributed by atoms with E-state index in [1.165, 1.54) is 6.08 Å². The van der Waals surface area contributed by atoms with E-state index < -0.39 is 44.1 Å². The maximum absolute atomic E-state index is 12.7. The molecule has 0 saturated carbocycles. The topological polar surface area (TPSA) is 65.0 Å². The summed E-state index contributed by atoms with van der Waals surface area (Å²) in [6, 6.07) is 9.70. The first-order valence-electron chi connectivity index (χ1n) is 11.1. The Bertz CT molecular complexity index is 746. The van der Waals surface area contributed by atoms with E-state index in [0.717, 1.165) is 5.56 Å². The van der Waals surface area contributed by atoms with Crippen molar-refractivity contribution in [2.45, 2.75) is 90.7 Å².